The van der Waals surface area contributed by atoms with Gasteiger partial charge in [-0.15, -0.1) is 21.5 Å². The number of carbonyl (C=O) groups is 1. The minimum Gasteiger partial charge on any atom is -0.366 e. The van der Waals surface area contributed by atoms with Gasteiger partial charge in [0, 0.05) is 44.0 Å². The molecule has 2 aromatic carbocycles. The Morgan fingerprint density at radius 3 is 2.46 bits per heavy atom. The lowest BCUT2D eigenvalue weighted by Gasteiger charge is -2.36. The molecule has 0 unspecified atom stereocenters. The number of para-hydroxylation sites is 1. The van der Waals surface area contributed by atoms with Gasteiger partial charge in [-0.25, -0.2) is 4.39 Å². The van der Waals surface area contributed by atoms with Crippen molar-refractivity contribution in [3.05, 3.63) is 83.0 Å². The summed E-state index contributed by atoms with van der Waals surface area (Å²) in [4.78, 5) is 18.0. The number of hydrogen-bond acceptors (Lipinski definition) is 6. The summed E-state index contributed by atoms with van der Waals surface area (Å²) < 4.78 is 16.2. The van der Waals surface area contributed by atoms with Gasteiger partial charge >= 0.3 is 0 Å². The maximum absolute atomic E-state index is 14.1. The van der Waals surface area contributed by atoms with Crippen LogP contribution in [0.3, 0.4) is 0 Å². The molecule has 35 heavy (non-hydrogen) atoms. The van der Waals surface area contributed by atoms with Crippen LogP contribution in [0.2, 0.25) is 0 Å². The summed E-state index contributed by atoms with van der Waals surface area (Å²) in [5.74, 6) is 1.45. The molecular weight excluding hydrogens is 481 g/mol. The van der Waals surface area contributed by atoms with E-state index in [0.29, 0.717) is 37.4 Å². The number of anilines is 1. The van der Waals surface area contributed by atoms with Crippen molar-refractivity contribution in [2.75, 3.05) is 31.1 Å². The van der Waals surface area contributed by atoms with Gasteiger partial charge in [-0.05, 0) is 48.2 Å². The molecule has 1 aliphatic rings. The van der Waals surface area contributed by atoms with Gasteiger partial charge < -0.3 is 14.4 Å². The van der Waals surface area contributed by atoms with Gasteiger partial charge in [0.1, 0.15) is 5.82 Å². The smallest absolute Gasteiger partial charge is 0.253 e. The molecule has 0 N–H and O–H groups in total. The molecule has 0 spiro atoms. The van der Waals surface area contributed by atoms with Crippen LogP contribution in [-0.2, 0) is 12.3 Å². The third kappa shape index (κ3) is 5.11. The van der Waals surface area contributed by atoms with Gasteiger partial charge in [-0.1, -0.05) is 42.1 Å². The Bertz CT molecular complexity index is 1280. The van der Waals surface area contributed by atoms with Gasteiger partial charge in [-0.3, -0.25) is 4.79 Å². The van der Waals surface area contributed by atoms with Gasteiger partial charge in [0.25, 0.3) is 5.91 Å². The standard InChI is InChI=1S/C26H26FN5OS2/c1-2-32-24(23-8-5-17-34-23)28-29-26(32)35-18-19-9-11-20(12-10-19)25(33)31-15-13-30(14-16-31)22-7-4-3-6-21(22)27/h3-12,17H,2,13-16,18H2,1H3. The summed E-state index contributed by atoms with van der Waals surface area (Å²) in [6.45, 7) is 5.29. The fraction of sp³-hybridized carbons (Fsp3) is 0.269. The van der Waals surface area contributed by atoms with Crippen LogP contribution >= 0.6 is 23.1 Å². The topological polar surface area (TPSA) is 54.3 Å². The van der Waals surface area contributed by atoms with E-state index in [0.717, 1.165) is 33.7 Å². The highest BCUT2D eigenvalue weighted by Gasteiger charge is 2.23. The van der Waals surface area contributed by atoms with Crippen LogP contribution in [0.1, 0.15) is 22.8 Å². The van der Waals surface area contributed by atoms with Crippen molar-refractivity contribution in [2.45, 2.75) is 24.4 Å². The molecular formula is C26H26FN5OS2. The van der Waals surface area contributed by atoms with E-state index in [1.54, 1.807) is 35.2 Å². The lowest BCUT2D eigenvalue weighted by molar-refractivity contribution is 0.0746. The zero-order valence-electron chi connectivity index (χ0n) is 19.4. The van der Waals surface area contributed by atoms with Crippen LogP contribution in [0.4, 0.5) is 10.1 Å². The van der Waals surface area contributed by atoms with Crippen LogP contribution in [0.15, 0.2) is 71.2 Å². The van der Waals surface area contributed by atoms with Crippen molar-refractivity contribution in [1.82, 2.24) is 19.7 Å². The largest absolute Gasteiger partial charge is 0.366 e. The first kappa shape index (κ1) is 23.6. The number of amides is 1. The number of thioether (sulfide) groups is 1. The Balaban J connectivity index is 1.18. The first-order chi connectivity index (χ1) is 17.1. The maximum Gasteiger partial charge on any atom is 0.253 e. The minimum absolute atomic E-state index is 0.0173. The number of thiophene rings is 1. The molecule has 0 saturated carbocycles. The lowest BCUT2D eigenvalue weighted by atomic mass is 10.1. The molecule has 6 nitrogen and oxygen atoms in total. The first-order valence-electron chi connectivity index (χ1n) is 11.6. The van der Waals surface area contributed by atoms with E-state index in [4.69, 9.17) is 0 Å². The van der Waals surface area contributed by atoms with Gasteiger partial charge in [-0.2, -0.15) is 0 Å². The normalized spacial score (nSPS) is 13.9. The van der Waals surface area contributed by atoms with Crippen LogP contribution < -0.4 is 4.90 Å². The van der Waals surface area contributed by atoms with E-state index in [1.165, 1.54) is 6.07 Å². The Morgan fingerprint density at radius 1 is 1.00 bits per heavy atom. The summed E-state index contributed by atoms with van der Waals surface area (Å²) in [7, 11) is 0. The average molecular weight is 508 g/mol. The fourth-order valence-electron chi connectivity index (χ4n) is 4.20. The second-order valence-corrected chi connectivity index (χ2v) is 10.1. The van der Waals surface area contributed by atoms with Crippen molar-refractivity contribution >= 4 is 34.7 Å². The SMILES string of the molecule is CCn1c(SCc2ccc(C(=O)N3CCN(c4ccccc4F)CC3)cc2)nnc1-c1cccs1. The molecule has 1 aliphatic heterocycles. The quantitative estimate of drug-likeness (QED) is 0.313. The Hall–Kier alpha value is -3.17. The molecule has 0 radical (unpaired) electrons. The Morgan fingerprint density at radius 2 is 1.77 bits per heavy atom. The third-order valence-corrected chi connectivity index (χ3v) is 8.01. The molecule has 4 aromatic rings. The summed E-state index contributed by atoms with van der Waals surface area (Å²) in [6.07, 6.45) is 0. The van der Waals surface area contributed by atoms with Crippen molar-refractivity contribution in [1.29, 1.82) is 0 Å². The Kier molecular flexibility index (Phi) is 7.15. The zero-order valence-corrected chi connectivity index (χ0v) is 21.1. The Labute approximate surface area is 212 Å². The fourth-order valence-corrected chi connectivity index (χ4v) is 5.88. The van der Waals surface area contributed by atoms with Gasteiger partial charge in [0.15, 0.2) is 11.0 Å². The first-order valence-corrected chi connectivity index (χ1v) is 13.5. The third-order valence-electron chi connectivity index (χ3n) is 6.10. The van der Waals surface area contributed by atoms with E-state index in [1.807, 2.05) is 51.6 Å². The average Bonchev–Trinajstić information content (AvgIpc) is 3.57. The summed E-state index contributed by atoms with van der Waals surface area (Å²) in [5, 5.41) is 11.7. The maximum atomic E-state index is 14.1. The zero-order chi connectivity index (χ0) is 24.2. The van der Waals surface area contributed by atoms with E-state index in [9.17, 15) is 9.18 Å². The van der Waals surface area contributed by atoms with Gasteiger partial charge in [0.05, 0.1) is 10.6 Å². The highest BCUT2D eigenvalue weighted by Crippen LogP contribution is 2.29. The molecule has 1 saturated heterocycles. The number of piperazine rings is 1. The molecule has 5 rings (SSSR count). The summed E-state index contributed by atoms with van der Waals surface area (Å²) >= 11 is 3.31. The van der Waals surface area contributed by atoms with E-state index >= 15 is 0 Å². The predicted molar refractivity (Wildman–Crippen MR) is 140 cm³/mol. The van der Waals surface area contributed by atoms with E-state index in [2.05, 4.69) is 27.8 Å². The second kappa shape index (κ2) is 10.6. The number of benzene rings is 2. The van der Waals surface area contributed by atoms with Crippen molar-refractivity contribution < 1.29 is 9.18 Å². The van der Waals surface area contributed by atoms with Gasteiger partial charge in [0.2, 0.25) is 0 Å². The number of nitrogens with zero attached hydrogens (tertiary/aromatic N) is 5. The molecule has 0 bridgehead atoms. The van der Waals surface area contributed by atoms with Crippen LogP contribution in [-0.4, -0.2) is 51.8 Å². The van der Waals surface area contributed by atoms with Crippen LogP contribution in [0.25, 0.3) is 10.7 Å². The van der Waals surface area contributed by atoms with Crippen molar-refractivity contribution in [3.63, 3.8) is 0 Å². The predicted octanol–water partition coefficient (Wildman–Crippen LogP) is 5.42. The van der Waals surface area contributed by atoms with Crippen LogP contribution in [0, 0.1) is 5.82 Å². The number of rotatable bonds is 7. The molecule has 3 heterocycles. The number of carbonyl (C=O) groups excluding carboxylic acids is 1. The van der Waals surface area contributed by atoms with Crippen molar-refractivity contribution in [3.8, 4) is 10.7 Å². The summed E-state index contributed by atoms with van der Waals surface area (Å²) in [5.41, 5.74) is 2.40. The monoisotopic (exact) mass is 507 g/mol. The summed E-state index contributed by atoms with van der Waals surface area (Å²) in [6, 6.07) is 18.7. The molecule has 0 aliphatic carbocycles. The highest BCUT2D eigenvalue weighted by atomic mass is 32.2. The number of hydrogen-bond donors (Lipinski definition) is 0. The van der Waals surface area contributed by atoms with E-state index in [-0.39, 0.29) is 11.7 Å². The van der Waals surface area contributed by atoms with Crippen molar-refractivity contribution in [2.24, 2.45) is 0 Å². The molecule has 180 valence electrons. The molecule has 2 aromatic heterocycles. The molecule has 9 heteroatoms. The number of halogens is 1. The second-order valence-electron chi connectivity index (χ2n) is 8.24. The molecule has 1 amide bonds. The van der Waals surface area contributed by atoms with Crippen LogP contribution in [0.5, 0.6) is 0 Å². The lowest BCUT2D eigenvalue weighted by Crippen LogP contribution is -2.49. The van der Waals surface area contributed by atoms with E-state index < -0.39 is 0 Å². The number of aromatic nitrogens is 3. The molecule has 0 atom stereocenters. The highest BCUT2D eigenvalue weighted by molar-refractivity contribution is 7.98. The minimum atomic E-state index is -0.222. The molecule has 1 fully saturated rings.